The fourth-order valence-electron chi connectivity index (χ4n) is 6.06. The molecule has 4 aliphatic heterocycles. The molecule has 5 heteroatoms. The summed E-state index contributed by atoms with van der Waals surface area (Å²) in [4.78, 5) is 5.41. The van der Waals surface area contributed by atoms with Crippen molar-refractivity contribution < 1.29 is 4.74 Å². The summed E-state index contributed by atoms with van der Waals surface area (Å²) >= 11 is 2.58. The number of ether oxygens (including phenoxy) is 1. The average Bonchev–Trinajstić information content (AvgIpc) is 3.13. The van der Waals surface area contributed by atoms with Crippen molar-refractivity contribution in [2.24, 2.45) is 5.92 Å². The summed E-state index contributed by atoms with van der Waals surface area (Å²) < 4.78 is 8.99. The van der Waals surface area contributed by atoms with Gasteiger partial charge >= 0.3 is 0 Å². The number of likely N-dealkylation sites (tertiary alicyclic amines) is 2. The number of fused-ring (bicyclic) bond motifs is 1. The minimum atomic E-state index is 0.437. The Balaban J connectivity index is 1.48. The summed E-state index contributed by atoms with van der Waals surface area (Å²) in [6, 6.07) is 2.19. The van der Waals surface area contributed by atoms with Gasteiger partial charge in [0.05, 0.1) is 6.10 Å². The van der Waals surface area contributed by atoms with Crippen LogP contribution < -0.4 is 0 Å². The summed E-state index contributed by atoms with van der Waals surface area (Å²) in [5, 5.41) is 0. The van der Waals surface area contributed by atoms with Crippen LogP contribution in [0.15, 0.2) is 0 Å². The lowest BCUT2D eigenvalue weighted by molar-refractivity contribution is -0.0895. The normalized spacial score (nSPS) is 45.4. The van der Waals surface area contributed by atoms with E-state index in [9.17, 15) is 0 Å². The Labute approximate surface area is 161 Å². The molecule has 4 aliphatic rings. The third kappa shape index (κ3) is 3.06. The van der Waals surface area contributed by atoms with Gasteiger partial charge in [-0.25, -0.2) is 3.11 Å². The van der Waals surface area contributed by atoms with Gasteiger partial charge in [-0.3, -0.25) is 4.90 Å². The number of hydrogen-bond donors (Lipinski definition) is 0. The highest BCUT2D eigenvalue weighted by atomic mass is 127. The van der Waals surface area contributed by atoms with Crippen LogP contribution in [0.3, 0.4) is 0 Å². The van der Waals surface area contributed by atoms with Gasteiger partial charge in [0.2, 0.25) is 0 Å². The molecule has 4 saturated heterocycles. The number of nitrogens with zero attached hydrogens (tertiary/aromatic N) is 3. The Kier molecular flexibility index (Phi) is 5.20. The van der Waals surface area contributed by atoms with E-state index in [1.165, 1.54) is 58.2 Å². The van der Waals surface area contributed by atoms with E-state index in [0.29, 0.717) is 23.6 Å². The second-order valence-electron chi connectivity index (χ2n) is 8.97. The van der Waals surface area contributed by atoms with Crippen LogP contribution in [-0.2, 0) is 4.74 Å². The fraction of sp³-hybridized carbons (Fsp3) is 1.00. The quantitative estimate of drug-likeness (QED) is 0.478. The first-order valence-electron chi connectivity index (χ1n) is 10.0. The summed E-state index contributed by atoms with van der Waals surface area (Å²) in [6.45, 7) is 9.47. The molecular weight excluding hydrogens is 413 g/mol. The molecule has 24 heavy (non-hydrogen) atoms. The number of hydrogen-bond acceptors (Lipinski definition) is 4. The van der Waals surface area contributed by atoms with Gasteiger partial charge in [-0.1, -0.05) is 0 Å². The zero-order valence-corrected chi connectivity index (χ0v) is 17.7. The third-order valence-electron chi connectivity index (χ3n) is 7.37. The first-order chi connectivity index (χ1) is 11.5. The molecule has 0 aliphatic carbocycles. The van der Waals surface area contributed by atoms with Crippen molar-refractivity contribution in [3.8, 4) is 0 Å². The Morgan fingerprint density at radius 1 is 1.17 bits per heavy atom. The molecule has 0 N–H and O–H groups in total. The molecule has 0 saturated carbocycles. The molecule has 4 fully saturated rings. The molecule has 4 heterocycles. The lowest BCUT2D eigenvalue weighted by Crippen LogP contribution is -2.57. The Hall–Kier alpha value is 0.570. The predicted octanol–water partition coefficient (Wildman–Crippen LogP) is 3.15. The van der Waals surface area contributed by atoms with Crippen LogP contribution in [0.4, 0.5) is 0 Å². The van der Waals surface area contributed by atoms with Crippen LogP contribution >= 0.6 is 22.9 Å². The number of piperidine rings is 1. The molecule has 5 atom stereocenters. The van der Waals surface area contributed by atoms with Gasteiger partial charge in [-0.2, -0.15) is 0 Å². The second-order valence-corrected chi connectivity index (χ2v) is 10.1. The maximum atomic E-state index is 6.37. The lowest BCUT2D eigenvalue weighted by atomic mass is 9.77. The first kappa shape index (κ1) is 18.0. The highest BCUT2D eigenvalue weighted by Crippen LogP contribution is 2.45. The molecule has 4 rings (SSSR count). The van der Waals surface area contributed by atoms with Gasteiger partial charge < -0.3 is 9.64 Å². The molecule has 0 bridgehead atoms. The third-order valence-corrected chi connectivity index (χ3v) is 8.87. The van der Waals surface area contributed by atoms with Crippen molar-refractivity contribution in [2.45, 2.75) is 82.1 Å². The maximum absolute atomic E-state index is 6.37. The minimum absolute atomic E-state index is 0.437. The van der Waals surface area contributed by atoms with E-state index in [1.807, 2.05) is 0 Å². The monoisotopic (exact) mass is 447 g/mol. The molecule has 5 unspecified atom stereocenters. The van der Waals surface area contributed by atoms with E-state index in [-0.39, 0.29) is 0 Å². The SMILES string of the molecule is CC(C)N1CCC2C1CC(C1CC3(CCCN3I)CCO1)CN2C. The highest BCUT2D eigenvalue weighted by Gasteiger charge is 2.49. The zero-order chi connectivity index (χ0) is 16.9. The van der Waals surface area contributed by atoms with Crippen molar-refractivity contribution in [1.82, 2.24) is 12.9 Å². The van der Waals surface area contributed by atoms with Gasteiger partial charge in [0, 0.05) is 72.8 Å². The van der Waals surface area contributed by atoms with E-state index >= 15 is 0 Å². The van der Waals surface area contributed by atoms with Crippen LogP contribution in [0.25, 0.3) is 0 Å². The van der Waals surface area contributed by atoms with Crippen molar-refractivity contribution in [3.05, 3.63) is 0 Å². The van der Waals surface area contributed by atoms with E-state index < -0.39 is 0 Å². The van der Waals surface area contributed by atoms with E-state index in [1.54, 1.807) is 0 Å². The van der Waals surface area contributed by atoms with Crippen LogP contribution in [-0.4, -0.2) is 76.0 Å². The van der Waals surface area contributed by atoms with Crippen LogP contribution in [0.5, 0.6) is 0 Å². The molecule has 1 spiro atoms. The van der Waals surface area contributed by atoms with Gasteiger partial charge in [-0.15, -0.1) is 0 Å². The van der Waals surface area contributed by atoms with Crippen molar-refractivity contribution in [2.75, 3.05) is 33.3 Å². The maximum Gasteiger partial charge on any atom is 0.0634 e. The summed E-state index contributed by atoms with van der Waals surface area (Å²) in [7, 11) is 2.35. The average molecular weight is 447 g/mol. The number of halogens is 1. The van der Waals surface area contributed by atoms with E-state index in [2.05, 4.69) is 56.7 Å². The highest BCUT2D eigenvalue weighted by molar-refractivity contribution is 14.1. The molecular formula is C19H34IN3O. The molecule has 0 aromatic rings. The van der Waals surface area contributed by atoms with E-state index in [0.717, 1.165) is 18.7 Å². The molecule has 0 amide bonds. The summed E-state index contributed by atoms with van der Waals surface area (Å²) in [6.07, 6.45) is 8.39. The van der Waals surface area contributed by atoms with Crippen molar-refractivity contribution >= 4 is 22.9 Å². The summed E-state index contributed by atoms with van der Waals surface area (Å²) in [5.41, 5.74) is 0.437. The Morgan fingerprint density at radius 2 is 2.00 bits per heavy atom. The van der Waals surface area contributed by atoms with Crippen molar-refractivity contribution in [1.29, 1.82) is 0 Å². The van der Waals surface area contributed by atoms with Gasteiger partial charge in [-0.05, 0) is 65.3 Å². The number of likely N-dealkylation sites (N-methyl/N-ethyl adjacent to an activating group) is 1. The minimum Gasteiger partial charge on any atom is -0.378 e. The molecule has 0 aromatic heterocycles. The van der Waals surface area contributed by atoms with Crippen molar-refractivity contribution in [3.63, 3.8) is 0 Å². The Morgan fingerprint density at radius 3 is 2.71 bits per heavy atom. The zero-order valence-electron chi connectivity index (χ0n) is 15.6. The molecule has 0 aromatic carbocycles. The molecule has 138 valence electrons. The van der Waals surface area contributed by atoms with Crippen LogP contribution in [0.2, 0.25) is 0 Å². The fourth-order valence-corrected chi connectivity index (χ4v) is 7.08. The van der Waals surface area contributed by atoms with Gasteiger partial charge in [0.25, 0.3) is 0 Å². The molecule has 4 nitrogen and oxygen atoms in total. The van der Waals surface area contributed by atoms with Gasteiger partial charge in [0.1, 0.15) is 0 Å². The standard InChI is InChI=1S/C19H34IN3O/c1-14(2)22-9-5-16-17(22)11-15(13-21(16)3)18-12-19(7-10-24-18)6-4-8-23(19)20/h14-18H,4-13H2,1-3H3. The van der Waals surface area contributed by atoms with Crippen LogP contribution in [0.1, 0.15) is 52.4 Å². The number of rotatable bonds is 2. The predicted molar refractivity (Wildman–Crippen MR) is 106 cm³/mol. The first-order valence-corrected chi connectivity index (χ1v) is 11.0. The Bertz CT molecular complexity index is 456. The smallest absolute Gasteiger partial charge is 0.0634 e. The van der Waals surface area contributed by atoms with Gasteiger partial charge in [0.15, 0.2) is 0 Å². The topological polar surface area (TPSA) is 19.0 Å². The largest absolute Gasteiger partial charge is 0.378 e. The van der Waals surface area contributed by atoms with Crippen LogP contribution in [0, 0.1) is 5.92 Å². The lowest BCUT2D eigenvalue weighted by Gasteiger charge is -2.49. The second kappa shape index (κ2) is 6.95. The molecule has 0 radical (unpaired) electrons. The summed E-state index contributed by atoms with van der Waals surface area (Å²) in [5.74, 6) is 0.707. The van der Waals surface area contributed by atoms with E-state index in [4.69, 9.17) is 4.74 Å².